The fourth-order valence-electron chi connectivity index (χ4n) is 2.69. The zero-order valence-electron chi connectivity index (χ0n) is 12.5. The third-order valence-electron chi connectivity index (χ3n) is 3.50. The molecule has 2 rings (SSSR count). The highest BCUT2D eigenvalue weighted by atomic mass is 15.1. The van der Waals surface area contributed by atoms with Crippen molar-refractivity contribution in [2.45, 2.75) is 46.7 Å². The number of aryl methyl sites for hydroxylation is 1. The molecule has 0 bridgehead atoms. The number of aromatic nitrogens is 2. The van der Waals surface area contributed by atoms with Crippen molar-refractivity contribution in [1.82, 2.24) is 14.9 Å². The van der Waals surface area contributed by atoms with Crippen molar-refractivity contribution in [2.75, 3.05) is 6.54 Å². The first-order valence-electron chi connectivity index (χ1n) is 7.23. The first-order valence-corrected chi connectivity index (χ1v) is 7.23. The lowest BCUT2D eigenvalue weighted by atomic mass is 10.1. The van der Waals surface area contributed by atoms with Crippen molar-refractivity contribution in [3.8, 4) is 0 Å². The Bertz CT molecular complexity index is 528. The van der Waals surface area contributed by atoms with E-state index in [0.717, 1.165) is 30.3 Å². The van der Waals surface area contributed by atoms with E-state index in [-0.39, 0.29) is 0 Å². The van der Waals surface area contributed by atoms with Crippen molar-refractivity contribution >= 4 is 11.0 Å². The summed E-state index contributed by atoms with van der Waals surface area (Å²) in [6, 6.07) is 8.92. The molecule has 0 saturated heterocycles. The van der Waals surface area contributed by atoms with E-state index in [1.807, 2.05) is 6.07 Å². The number of nitrogens with one attached hydrogen (secondary N) is 1. The average Bonchev–Trinajstić information content (AvgIpc) is 2.65. The molecular weight excluding hydrogens is 234 g/mol. The second-order valence-corrected chi connectivity index (χ2v) is 5.78. The molecule has 3 heteroatoms. The molecule has 0 aliphatic carbocycles. The van der Waals surface area contributed by atoms with Gasteiger partial charge >= 0.3 is 0 Å². The third kappa shape index (κ3) is 3.57. The molecule has 0 radical (unpaired) electrons. The first-order chi connectivity index (χ1) is 9.08. The predicted octanol–water partition coefficient (Wildman–Crippen LogP) is 3.37. The molecule has 1 aromatic heterocycles. The van der Waals surface area contributed by atoms with Crippen LogP contribution in [0, 0.1) is 12.8 Å². The summed E-state index contributed by atoms with van der Waals surface area (Å²) >= 11 is 0. The van der Waals surface area contributed by atoms with E-state index in [1.54, 1.807) is 0 Å². The largest absolute Gasteiger partial charge is 0.327 e. The van der Waals surface area contributed by atoms with Crippen molar-refractivity contribution in [3.05, 3.63) is 30.1 Å². The number of nitrogens with zero attached hydrogens (tertiary/aromatic N) is 2. The summed E-state index contributed by atoms with van der Waals surface area (Å²) in [5.74, 6) is 1.85. The number of benzene rings is 1. The van der Waals surface area contributed by atoms with Crippen molar-refractivity contribution in [1.29, 1.82) is 0 Å². The molecule has 0 aliphatic rings. The zero-order chi connectivity index (χ0) is 13.8. The van der Waals surface area contributed by atoms with Gasteiger partial charge in [-0.3, -0.25) is 0 Å². The quantitative estimate of drug-likeness (QED) is 0.862. The molecule has 0 spiro atoms. The Morgan fingerprint density at radius 2 is 1.95 bits per heavy atom. The van der Waals surface area contributed by atoms with Gasteiger partial charge in [0.15, 0.2) is 0 Å². The molecule has 3 nitrogen and oxygen atoms in total. The number of rotatable bonds is 6. The Labute approximate surface area is 116 Å². The fourth-order valence-corrected chi connectivity index (χ4v) is 2.69. The lowest BCUT2D eigenvalue weighted by Gasteiger charge is -2.16. The van der Waals surface area contributed by atoms with E-state index in [9.17, 15) is 0 Å². The van der Waals surface area contributed by atoms with Crippen LogP contribution in [0.5, 0.6) is 0 Å². The molecule has 0 fully saturated rings. The summed E-state index contributed by atoms with van der Waals surface area (Å²) in [6.45, 7) is 10.9. The fraction of sp³-hybridized carbons (Fsp3) is 0.562. The van der Waals surface area contributed by atoms with E-state index in [4.69, 9.17) is 0 Å². The SMILES string of the molecule is Cc1nc2ccccc2n1CCNC(C)CC(C)C. The molecule has 1 unspecified atom stereocenters. The minimum atomic E-state index is 0.579. The van der Waals surface area contributed by atoms with Gasteiger partial charge in [-0.05, 0) is 38.3 Å². The van der Waals surface area contributed by atoms with Gasteiger partial charge in [0.1, 0.15) is 5.82 Å². The highest BCUT2D eigenvalue weighted by Gasteiger charge is 2.07. The van der Waals surface area contributed by atoms with Gasteiger partial charge in [0.2, 0.25) is 0 Å². The number of hydrogen-bond acceptors (Lipinski definition) is 2. The summed E-state index contributed by atoms with van der Waals surface area (Å²) in [4.78, 5) is 4.59. The van der Waals surface area contributed by atoms with Crippen molar-refractivity contribution in [2.24, 2.45) is 5.92 Å². The predicted molar refractivity (Wildman–Crippen MR) is 81.4 cm³/mol. The van der Waals surface area contributed by atoms with Crippen molar-refractivity contribution in [3.63, 3.8) is 0 Å². The number of imidazole rings is 1. The van der Waals surface area contributed by atoms with Gasteiger partial charge < -0.3 is 9.88 Å². The van der Waals surface area contributed by atoms with Crippen LogP contribution in [-0.2, 0) is 6.54 Å². The van der Waals surface area contributed by atoms with Crippen molar-refractivity contribution < 1.29 is 0 Å². The van der Waals surface area contributed by atoms with Crippen LogP contribution in [0.25, 0.3) is 11.0 Å². The highest BCUT2D eigenvalue weighted by Crippen LogP contribution is 2.14. The number of para-hydroxylation sites is 2. The molecular formula is C16H25N3. The summed E-state index contributed by atoms with van der Waals surface area (Å²) in [5.41, 5.74) is 2.33. The molecule has 0 aliphatic heterocycles. The second kappa shape index (κ2) is 6.20. The standard InChI is InChI=1S/C16H25N3/c1-12(2)11-13(3)17-9-10-19-14(4)18-15-7-5-6-8-16(15)19/h5-8,12-13,17H,9-11H2,1-4H3. The van der Waals surface area contributed by atoms with E-state index >= 15 is 0 Å². The molecule has 104 valence electrons. The number of fused-ring (bicyclic) bond motifs is 1. The van der Waals surface area contributed by atoms with Crippen LogP contribution in [-0.4, -0.2) is 22.1 Å². The maximum atomic E-state index is 4.59. The van der Waals surface area contributed by atoms with Gasteiger partial charge in [0.25, 0.3) is 0 Å². The molecule has 19 heavy (non-hydrogen) atoms. The van der Waals surface area contributed by atoms with E-state index < -0.39 is 0 Å². The van der Waals surface area contributed by atoms with Gasteiger partial charge in [0.05, 0.1) is 11.0 Å². The Morgan fingerprint density at radius 3 is 2.68 bits per heavy atom. The normalized spacial score (nSPS) is 13.3. The molecule has 1 aromatic carbocycles. The van der Waals surface area contributed by atoms with Crippen LogP contribution in [0.1, 0.15) is 33.0 Å². The van der Waals surface area contributed by atoms with E-state index in [0.29, 0.717) is 6.04 Å². The second-order valence-electron chi connectivity index (χ2n) is 5.78. The Balaban J connectivity index is 1.96. The van der Waals surface area contributed by atoms with Crippen LogP contribution >= 0.6 is 0 Å². The topological polar surface area (TPSA) is 29.9 Å². The van der Waals surface area contributed by atoms with Crippen LogP contribution in [0.3, 0.4) is 0 Å². The molecule has 0 amide bonds. The average molecular weight is 259 g/mol. The van der Waals surface area contributed by atoms with Crippen LogP contribution in [0.2, 0.25) is 0 Å². The van der Waals surface area contributed by atoms with Gasteiger partial charge in [-0.25, -0.2) is 4.98 Å². The molecule has 0 saturated carbocycles. The minimum absolute atomic E-state index is 0.579. The lowest BCUT2D eigenvalue weighted by Crippen LogP contribution is -2.30. The van der Waals surface area contributed by atoms with Gasteiger partial charge in [-0.1, -0.05) is 26.0 Å². The Hall–Kier alpha value is -1.35. The Morgan fingerprint density at radius 1 is 1.21 bits per heavy atom. The van der Waals surface area contributed by atoms with Crippen LogP contribution < -0.4 is 5.32 Å². The number of hydrogen-bond donors (Lipinski definition) is 1. The van der Waals surface area contributed by atoms with Crippen LogP contribution in [0.15, 0.2) is 24.3 Å². The lowest BCUT2D eigenvalue weighted by molar-refractivity contribution is 0.432. The molecule has 1 N–H and O–H groups in total. The van der Waals surface area contributed by atoms with Gasteiger partial charge in [0, 0.05) is 19.1 Å². The Kier molecular flexibility index (Phi) is 4.59. The summed E-state index contributed by atoms with van der Waals surface area (Å²) in [6.07, 6.45) is 1.23. The zero-order valence-corrected chi connectivity index (χ0v) is 12.5. The monoisotopic (exact) mass is 259 g/mol. The maximum Gasteiger partial charge on any atom is 0.106 e. The van der Waals surface area contributed by atoms with Gasteiger partial charge in [-0.2, -0.15) is 0 Å². The summed E-state index contributed by atoms with van der Waals surface area (Å²) in [5, 5.41) is 3.60. The van der Waals surface area contributed by atoms with Gasteiger partial charge in [-0.15, -0.1) is 0 Å². The van der Waals surface area contributed by atoms with E-state index in [2.05, 4.69) is 60.8 Å². The van der Waals surface area contributed by atoms with Crippen LogP contribution in [0.4, 0.5) is 0 Å². The maximum absolute atomic E-state index is 4.59. The molecule has 2 aromatic rings. The molecule has 1 heterocycles. The summed E-state index contributed by atoms with van der Waals surface area (Å²) < 4.78 is 2.30. The van der Waals surface area contributed by atoms with E-state index in [1.165, 1.54) is 11.9 Å². The first kappa shape index (κ1) is 14.1. The minimum Gasteiger partial charge on any atom is -0.327 e. The highest BCUT2D eigenvalue weighted by molar-refractivity contribution is 5.75. The smallest absolute Gasteiger partial charge is 0.106 e. The molecule has 1 atom stereocenters. The third-order valence-corrected chi connectivity index (χ3v) is 3.50. The summed E-state index contributed by atoms with van der Waals surface area (Å²) in [7, 11) is 0.